The van der Waals surface area contributed by atoms with E-state index in [2.05, 4.69) is 20.7 Å². The quantitative estimate of drug-likeness (QED) is 0.418. The Bertz CT molecular complexity index is 844. The number of rotatable bonds is 7. The molecule has 0 saturated heterocycles. The maximum Gasteiger partial charge on any atom is 0.547 e. The standard InChI is InChI=1S/C15H19BN6O5/c17-5-2-6-22-20-12(19-21-22)8-13(23)18-11-7-9-3-1-4-10(15(24)25)14(9)27-16(11)26/h1,3-4,11,26H,2,5-8,17H2,(H,18,23)(H,24,25)/t11-/m0/s1. The lowest BCUT2D eigenvalue weighted by molar-refractivity contribution is -0.121. The average Bonchev–Trinajstić information content (AvgIpc) is 3.07. The van der Waals surface area contributed by atoms with Crippen LogP contribution in [-0.4, -0.2) is 61.8 Å². The number of amides is 1. The van der Waals surface area contributed by atoms with Gasteiger partial charge in [-0.3, -0.25) is 4.79 Å². The predicted octanol–water partition coefficient (Wildman–Crippen LogP) is -1.60. The smallest absolute Gasteiger partial charge is 0.534 e. The van der Waals surface area contributed by atoms with Crippen LogP contribution < -0.4 is 15.7 Å². The van der Waals surface area contributed by atoms with Crippen molar-refractivity contribution in [3.63, 3.8) is 0 Å². The number of carbonyl (C=O) groups is 2. The first-order chi connectivity index (χ1) is 13.0. The number of aromatic nitrogens is 4. The van der Waals surface area contributed by atoms with E-state index < -0.39 is 24.9 Å². The minimum atomic E-state index is -1.37. The van der Waals surface area contributed by atoms with Gasteiger partial charge in [-0.1, -0.05) is 12.1 Å². The molecular weight excluding hydrogens is 355 g/mol. The number of hydrogen-bond acceptors (Lipinski definition) is 8. The summed E-state index contributed by atoms with van der Waals surface area (Å²) in [7, 11) is -1.37. The number of carboxylic acid groups (broad SMARTS) is 1. The highest BCUT2D eigenvalue weighted by Crippen LogP contribution is 2.30. The Balaban J connectivity index is 1.62. The number of tetrazole rings is 1. The second-order valence-corrected chi connectivity index (χ2v) is 6.11. The van der Waals surface area contributed by atoms with E-state index in [0.29, 0.717) is 25.1 Å². The molecule has 1 aromatic carbocycles. The molecule has 12 heteroatoms. The Morgan fingerprint density at radius 3 is 3.00 bits per heavy atom. The van der Waals surface area contributed by atoms with Gasteiger partial charge in [-0.25, -0.2) is 4.79 Å². The molecule has 142 valence electrons. The number of carboxylic acids is 1. The lowest BCUT2D eigenvalue weighted by Crippen LogP contribution is -2.53. The summed E-state index contributed by atoms with van der Waals surface area (Å²) in [6, 6.07) is 4.68. The van der Waals surface area contributed by atoms with Crippen LogP contribution in [0, 0.1) is 0 Å². The maximum absolute atomic E-state index is 12.2. The molecule has 3 rings (SSSR count). The number of carbonyl (C=O) groups excluding carboxylic acids is 1. The van der Waals surface area contributed by atoms with Crippen molar-refractivity contribution in [2.75, 3.05) is 6.54 Å². The van der Waals surface area contributed by atoms with E-state index in [0.717, 1.165) is 0 Å². The predicted molar refractivity (Wildman–Crippen MR) is 92.8 cm³/mol. The Morgan fingerprint density at radius 1 is 1.44 bits per heavy atom. The van der Waals surface area contributed by atoms with E-state index in [9.17, 15) is 19.7 Å². The zero-order chi connectivity index (χ0) is 19.4. The second kappa shape index (κ2) is 8.14. The van der Waals surface area contributed by atoms with Crippen LogP contribution in [0.4, 0.5) is 0 Å². The van der Waals surface area contributed by atoms with Crippen LogP contribution in [0.3, 0.4) is 0 Å². The van der Waals surface area contributed by atoms with Crippen molar-refractivity contribution in [2.24, 2.45) is 5.73 Å². The molecule has 1 amide bonds. The Labute approximate surface area is 154 Å². The van der Waals surface area contributed by atoms with Crippen molar-refractivity contribution < 1.29 is 24.4 Å². The molecule has 1 aliphatic heterocycles. The summed E-state index contributed by atoms with van der Waals surface area (Å²) in [6.07, 6.45) is 0.833. The molecular formula is C15H19BN6O5. The maximum atomic E-state index is 12.2. The molecule has 5 N–H and O–H groups in total. The molecule has 11 nitrogen and oxygen atoms in total. The zero-order valence-corrected chi connectivity index (χ0v) is 14.4. The highest BCUT2D eigenvalue weighted by Gasteiger charge is 2.37. The van der Waals surface area contributed by atoms with Gasteiger partial charge in [-0.05, 0) is 36.2 Å². The monoisotopic (exact) mass is 374 g/mol. The van der Waals surface area contributed by atoms with Crippen LogP contribution in [0.2, 0.25) is 0 Å². The number of fused-ring (bicyclic) bond motifs is 1. The third kappa shape index (κ3) is 4.41. The minimum Gasteiger partial charge on any atom is -0.534 e. The van der Waals surface area contributed by atoms with Gasteiger partial charge in [0.05, 0.1) is 24.5 Å². The number of nitrogens with two attached hydrogens (primary N) is 1. The van der Waals surface area contributed by atoms with Crippen molar-refractivity contribution in [3.05, 3.63) is 35.2 Å². The van der Waals surface area contributed by atoms with E-state index in [-0.39, 0.29) is 30.0 Å². The number of nitrogens with one attached hydrogen (secondary N) is 1. The van der Waals surface area contributed by atoms with Gasteiger partial charge in [0, 0.05) is 0 Å². The fraction of sp³-hybridized carbons (Fsp3) is 0.400. The number of para-hydroxylation sites is 1. The van der Waals surface area contributed by atoms with Crippen LogP contribution in [0.25, 0.3) is 0 Å². The topological polar surface area (TPSA) is 165 Å². The SMILES string of the molecule is NCCCn1nnc(CC(=O)N[C@H]2Cc3cccc(C(=O)O)c3OB2O)n1. The first-order valence-corrected chi connectivity index (χ1v) is 8.44. The Morgan fingerprint density at radius 2 is 2.26 bits per heavy atom. The zero-order valence-electron chi connectivity index (χ0n) is 14.4. The van der Waals surface area contributed by atoms with Gasteiger partial charge >= 0.3 is 13.1 Å². The van der Waals surface area contributed by atoms with Crippen molar-refractivity contribution >= 4 is 19.0 Å². The van der Waals surface area contributed by atoms with Gasteiger partial charge in [0.15, 0.2) is 5.82 Å². The van der Waals surface area contributed by atoms with Crippen molar-refractivity contribution in [1.29, 1.82) is 0 Å². The lowest BCUT2D eigenvalue weighted by Gasteiger charge is -2.28. The molecule has 0 bridgehead atoms. The van der Waals surface area contributed by atoms with Gasteiger partial charge in [0.1, 0.15) is 5.75 Å². The summed E-state index contributed by atoms with van der Waals surface area (Å²) in [6.45, 7) is 1.02. The minimum absolute atomic E-state index is 0.0328. The molecule has 27 heavy (non-hydrogen) atoms. The number of benzene rings is 1. The number of aryl methyl sites for hydroxylation is 1. The van der Waals surface area contributed by atoms with E-state index in [4.69, 9.17) is 10.4 Å². The molecule has 0 fully saturated rings. The third-order valence-electron chi connectivity index (χ3n) is 4.07. The van der Waals surface area contributed by atoms with Gasteiger partial charge in [0.25, 0.3) is 0 Å². The average molecular weight is 374 g/mol. The van der Waals surface area contributed by atoms with Crippen molar-refractivity contribution in [1.82, 2.24) is 25.5 Å². The lowest BCUT2D eigenvalue weighted by atomic mass is 9.72. The fourth-order valence-corrected chi connectivity index (χ4v) is 2.79. The van der Waals surface area contributed by atoms with E-state index >= 15 is 0 Å². The van der Waals surface area contributed by atoms with Crippen molar-refractivity contribution in [3.8, 4) is 5.75 Å². The fourth-order valence-electron chi connectivity index (χ4n) is 2.79. The molecule has 0 radical (unpaired) electrons. The van der Waals surface area contributed by atoms with Gasteiger partial charge < -0.3 is 25.8 Å². The first-order valence-electron chi connectivity index (χ1n) is 8.44. The molecule has 1 aliphatic rings. The Hall–Kier alpha value is -2.99. The molecule has 0 spiro atoms. The second-order valence-electron chi connectivity index (χ2n) is 6.11. The molecule has 2 heterocycles. The third-order valence-corrected chi connectivity index (χ3v) is 4.07. The summed E-state index contributed by atoms with van der Waals surface area (Å²) in [5, 5.41) is 33.7. The van der Waals surface area contributed by atoms with Gasteiger partial charge in [-0.15, -0.1) is 10.2 Å². The summed E-state index contributed by atoms with van der Waals surface area (Å²) in [5.74, 6) is -1.90. The molecule has 1 atom stereocenters. The molecule has 1 aromatic heterocycles. The van der Waals surface area contributed by atoms with Crippen LogP contribution in [0.1, 0.15) is 28.2 Å². The highest BCUT2D eigenvalue weighted by molar-refractivity contribution is 6.47. The summed E-state index contributed by atoms with van der Waals surface area (Å²) in [4.78, 5) is 24.9. The van der Waals surface area contributed by atoms with E-state index in [1.54, 1.807) is 12.1 Å². The van der Waals surface area contributed by atoms with Crippen LogP contribution in [0.5, 0.6) is 5.75 Å². The largest absolute Gasteiger partial charge is 0.547 e. The van der Waals surface area contributed by atoms with Crippen LogP contribution >= 0.6 is 0 Å². The van der Waals surface area contributed by atoms with Crippen LogP contribution in [0.15, 0.2) is 18.2 Å². The van der Waals surface area contributed by atoms with Crippen LogP contribution in [-0.2, 0) is 24.2 Å². The summed E-state index contributed by atoms with van der Waals surface area (Å²) < 4.78 is 5.34. The van der Waals surface area contributed by atoms with Gasteiger partial charge in [-0.2, -0.15) is 4.80 Å². The van der Waals surface area contributed by atoms with E-state index in [1.165, 1.54) is 10.9 Å². The number of hydrogen-bond donors (Lipinski definition) is 4. The number of nitrogens with zero attached hydrogens (tertiary/aromatic N) is 4. The Kier molecular flexibility index (Phi) is 5.67. The van der Waals surface area contributed by atoms with Crippen molar-refractivity contribution in [2.45, 2.75) is 31.7 Å². The molecule has 0 saturated carbocycles. The normalized spacial score (nSPS) is 15.8. The van der Waals surface area contributed by atoms with E-state index in [1.807, 2.05) is 0 Å². The molecule has 0 aliphatic carbocycles. The molecule has 0 unspecified atom stereocenters. The summed E-state index contributed by atoms with van der Waals surface area (Å²) >= 11 is 0. The molecule has 2 aromatic rings. The number of aromatic carboxylic acids is 1. The first kappa shape index (κ1) is 18.8. The highest BCUT2D eigenvalue weighted by atomic mass is 16.5. The van der Waals surface area contributed by atoms with Gasteiger partial charge in [0.2, 0.25) is 5.91 Å². The summed E-state index contributed by atoms with van der Waals surface area (Å²) in [5.41, 5.74) is 5.98.